The van der Waals surface area contributed by atoms with E-state index in [9.17, 15) is 4.39 Å². The minimum atomic E-state index is -0.468. The molecule has 2 heterocycles. The maximum Gasteiger partial charge on any atom is 0.141 e. The molecule has 0 saturated carbocycles. The first-order valence-electron chi connectivity index (χ1n) is 9.20. The molecule has 1 fully saturated rings. The molecular formula is C20H25FN4O. The van der Waals surface area contributed by atoms with Gasteiger partial charge in [0.2, 0.25) is 0 Å². The predicted octanol–water partition coefficient (Wildman–Crippen LogP) is 3.73. The van der Waals surface area contributed by atoms with Crippen LogP contribution >= 0.6 is 0 Å². The van der Waals surface area contributed by atoms with Gasteiger partial charge in [-0.25, -0.2) is 4.39 Å². The average Bonchev–Trinajstić information content (AvgIpc) is 3.14. The van der Waals surface area contributed by atoms with Crippen molar-refractivity contribution >= 4 is 0 Å². The Bertz CT molecular complexity index is 782. The molecule has 1 saturated heterocycles. The summed E-state index contributed by atoms with van der Waals surface area (Å²) in [6.07, 6.45) is 3.98. The van der Waals surface area contributed by atoms with Crippen LogP contribution < -0.4 is 5.32 Å². The van der Waals surface area contributed by atoms with Crippen molar-refractivity contribution in [2.24, 2.45) is 5.92 Å². The zero-order valence-corrected chi connectivity index (χ0v) is 15.3. The molecule has 1 aliphatic heterocycles. The number of rotatable bonds is 6. The van der Waals surface area contributed by atoms with E-state index < -0.39 is 5.82 Å². The van der Waals surface area contributed by atoms with Crippen LogP contribution in [-0.2, 0) is 11.3 Å². The minimum absolute atomic E-state index is 0.00379. The highest BCUT2D eigenvalue weighted by atomic mass is 19.1. The highest BCUT2D eigenvalue weighted by Gasteiger charge is 2.30. The van der Waals surface area contributed by atoms with E-state index in [1.807, 2.05) is 29.9 Å². The van der Waals surface area contributed by atoms with Crippen molar-refractivity contribution in [1.29, 1.82) is 5.26 Å². The van der Waals surface area contributed by atoms with Gasteiger partial charge in [0.1, 0.15) is 18.0 Å². The van der Waals surface area contributed by atoms with Crippen LogP contribution in [0.4, 0.5) is 4.39 Å². The fourth-order valence-corrected chi connectivity index (χ4v) is 3.57. The van der Waals surface area contributed by atoms with Crippen molar-refractivity contribution in [3.8, 4) is 6.07 Å². The lowest BCUT2D eigenvalue weighted by Crippen LogP contribution is -2.34. The number of aryl methyl sites for hydroxylation is 1. The number of aromatic nitrogens is 2. The van der Waals surface area contributed by atoms with Crippen LogP contribution in [0.15, 0.2) is 30.5 Å². The Kier molecular flexibility index (Phi) is 6.02. The summed E-state index contributed by atoms with van der Waals surface area (Å²) in [4.78, 5) is 0. The summed E-state index contributed by atoms with van der Waals surface area (Å²) in [6.45, 7) is 6.46. The van der Waals surface area contributed by atoms with Crippen molar-refractivity contribution in [2.45, 2.75) is 45.4 Å². The van der Waals surface area contributed by atoms with Gasteiger partial charge in [0.15, 0.2) is 0 Å². The SMILES string of the molecule is CCn1nccc1[C@@H]1OCCC[C@H]1CNC(C)c1ccc(C#N)c(F)c1. The molecule has 26 heavy (non-hydrogen) atoms. The molecule has 1 aromatic heterocycles. The number of benzene rings is 1. The van der Waals surface area contributed by atoms with E-state index in [2.05, 4.69) is 17.3 Å². The fourth-order valence-electron chi connectivity index (χ4n) is 3.57. The highest BCUT2D eigenvalue weighted by molar-refractivity contribution is 5.34. The van der Waals surface area contributed by atoms with Gasteiger partial charge < -0.3 is 10.1 Å². The quantitative estimate of drug-likeness (QED) is 0.857. The van der Waals surface area contributed by atoms with Crippen molar-refractivity contribution in [2.75, 3.05) is 13.2 Å². The van der Waals surface area contributed by atoms with Crippen molar-refractivity contribution in [3.63, 3.8) is 0 Å². The van der Waals surface area contributed by atoms with Crippen molar-refractivity contribution in [1.82, 2.24) is 15.1 Å². The monoisotopic (exact) mass is 356 g/mol. The van der Waals surface area contributed by atoms with Gasteiger partial charge in [-0.05, 0) is 50.5 Å². The zero-order chi connectivity index (χ0) is 18.5. The van der Waals surface area contributed by atoms with E-state index in [1.54, 1.807) is 6.07 Å². The van der Waals surface area contributed by atoms with Gasteiger partial charge in [-0.2, -0.15) is 10.4 Å². The van der Waals surface area contributed by atoms with E-state index >= 15 is 0 Å². The standard InChI is InChI=1S/C20H25FN4O/c1-3-25-19(8-9-24-25)20-17(5-4-10-26-20)13-23-14(2)15-6-7-16(12-22)18(21)11-15/h6-9,11,14,17,20,23H,3-5,10,13H2,1-2H3/t14?,17-,20+/m0/s1. The molecule has 3 atom stereocenters. The zero-order valence-electron chi connectivity index (χ0n) is 15.3. The van der Waals surface area contributed by atoms with Gasteiger partial charge >= 0.3 is 0 Å². The molecule has 0 amide bonds. The number of ether oxygens (including phenoxy) is 1. The molecule has 6 heteroatoms. The second-order valence-electron chi connectivity index (χ2n) is 6.75. The van der Waals surface area contributed by atoms with E-state index in [0.717, 1.165) is 43.8 Å². The first-order valence-corrected chi connectivity index (χ1v) is 9.20. The van der Waals surface area contributed by atoms with E-state index in [-0.39, 0.29) is 17.7 Å². The second kappa shape index (κ2) is 8.43. The first kappa shape index (κ1) is 18.6. The van der Waals surface area contributed by atoms with Gasteiger partial charge in [0.25, 0.3) is 0 Å². The van der Waals surface area contributed by atoms with Crippen LogP contribution in [0, 0.1) is 23.1 Å². The number of hydrogen-bond donors (Lipinski definition) is 1. The average molecular weight is 356 g/mol. The maximum atomic E-state index is 13.9. The summed E-state index contributed by atoms with van der Waals surface area (Å²) in [5.41, 5.74) is 2.04. The van der Waals surface area contributed by atoms with Gasteiger partial charge in [0, 0.05) is 37.9 Å². The molecule has 0 bridgehead atoms. The van der Waals surface area contributed by atoms with Gasteiger partial charge in [-0.3, -0.25) is 4.68 Å². The number of nitrogens with zero attached hydrogens (tertiary/aromatic N) is 3. The third kappa shape index (κ3) is 3.95. The molecule has 0 aliphatic carbocycles. The Labute approximate surface area is 153 Å². The second-order valence-corrected chi connectivity index (χ2v) is 6.75. The number of nitriles is 1. The Morgan fingerprint density at radius 2 is 2.31 bits per heavy atom. The third-order valence-electron chi connectivity index (χ3n) is 5.09. The van der Waals surface area contributed by atoms with Gasteiger partial charge in [-0.15, -0.1) is 0 Å². The lowest BCUT2D eigenvalue weighted by atomic mass is 9.91. The first-order chi connectivity index (χ1) is 12.6. The summed E-state index contributed by atoms with van der Waals surface area (Å²) in [5, 5.41) is 16.7. The summed E-state index contributed by atoms with van der Waals surface area (Å²) in [6, 6.07) is 8.67. The number of nitrogens with one attached hydrogen (secondary N) is 1. The molecule has 1 N–H and O–H groups in total. The van der Waals surface area contributed by atoms with E-state index in [4.69, 9.17) is 10.00 Å². The van der Waals surface area contributed by atoms with Crippen LogP contribution in [0.25, 0.3) is 0 Å². The van der Waals surface area contributed by atoms with E-state index in [1.165, 1.54) is 12.1 Å². The molecule has 1 aliphatic rings. The fraction of sp³-hybridized carbons (Fsp3) is 0.500. The molecular weight excluding hydrogens is 331 g/mol. The number of hydrogen-bond acceptors (Lipinski definition) is 4. The summed E-state index contributed by atoms with van der Waals surface area (Å²) in [7, 11) is 0. The Balaban J connectivity index is 1.67. The normalized spacial score (nSPS) is 21.3. The summed E-state index contributed by atoms with van der Waals surface area (Å²) in [5.74, 6) is -0.124. The summed E-state index contributed by atoms with van der Waals surface area (Å²) >= 11 is 0. The Morgan fingerprint density at radius 3 is 3.04 bits per heavy atom. The van der Waals surface area contributed by atoms with Crippen molar-refractivity contribution < 1.29 is 9.13 Å². The third-order valence-corrected chi connectivity index (χ3v) is 5.09. The number of halogens is 1. The minimum Gasteiger partial charge on any atom is -0.372 e. The molecule has 1 aromatic carbocycles. The van der Waals surface area contributed by atoms with Gasteiger partial charge in [0.05, 0.1) is 11.3 Å². The molecule has 5 nitrogen and oxygen atoms in total. The van der Waals surface area contributed by atoms with Crippen molar-refractivity contribution in [3.05, 3.63) is 53.1 Å². The predicted molar refractivity (Wildman–Crippen MR) is 96.9 cm³/mol. The van der Waals surface area contributed by atoms with Crippen LogP contribution in [-0.4, -0.2) is 22.9 Å². The maximum absolute atomic E-state index is 13.9. The van der Waals surface area contributed by atoms with Gasteiger partial charge in [-0.1, -0.05) is 6.07 Å². The smallest absolute Gasteiger partial charge is 0.141 e. The molecule has 0 radical (unpaired) electrons. The van der Waals surface area contributed by atoms with Crippen LogP contribution in [0.3, 0.4) is 0 Å². The van der Waals surface area contributed by atoms with Crippen LogP contribution in [0.2, 0.25) is 0 Å². The molecule has 3 rings (SSSR count). The lowest BCUT2D eigenvalue weighted by molar-refractivity contribution is -0.0332. The summed E-state index contributed by atoms with van der Waals surface area (Å²) < 4.78 is 21.9. The highest BCUT2D eigenvalue weighted by Crippen LogP contribution is 2.33. The molecule has 0 spiro atoms. The van der Waals surface area contributed by atoms with Crippen LogP contribution in [0.5, 0.6) is 0 Å². The van der Waals surface area contributed by atoms with Crippen LogP contribution in [0.1, 0.15) is 55.7 Å². The molecule has 138 valence electrons. The largest absolute Gasteiger partial charge is 0.372 e. The molecule has 2 aromatic rings. The molecule has 1 unspecified atom stereocenters. The Hall–Kier alpha value is -2.23. The topological polar surface area (TPSA) is 62.9 Å². The Morgan fingerprint density at radius 1 is 1.46 bits per heavy atom. The lowest BCUT2D eigenvalue weighted by Gasteiger charge is -2.33. The van der Waals surface area contributed by atoms with E-state index in [0.29, 0.717) is 5.92 Å².